The number of morpholine rings is 1. The molecule has 0 amide bonds. The highest BCUT2D eigenvalue weighted by molar-refractivity contribution is 9.10. The van der Waals surface area contributed by atoms with Gasteiger partial charge in [-0.3, -0.25) is 4.90 Å². The summed E-state index contributed by atoms with van der Waals surface area (Å²) >= 11 is 3.77. The van der Waals surface area contributed by atoms with E-state index in [1.54, 1.807) is 0 Å². The number of fused-ring (bicyclic) bond motifs is 1. The quantitative estimate of drug-likeness (QED) is 0.842. The molecule has 0 unspecified atom stereocenters. The lowest BCUT2D eigenvalue weighted by molar-refractivity contribution is 0.0374. The smallest absolute Gasteiger partial charge is 0.0594 e. The van der Waals surface area contributed by atoms with Gasteiger partial charge in [0.2, 0.25) is 0 Å². The van der Waals surface area contributed by atoms with Crippen molar-refractivity contribution in [1.82, 2.24) is 4.90 Å². The zero-order valence-electron chi connectivity index (χ0n) is 11.6. The lowest BCUT2D eigenvalue weighted by atomic mass is 10.0. The van der Waals surface area contributed by atoms with Gasteiger partial charge in [-0.1, -0.05) is 36.4 Å². The first-order chi connectivity index (χ1) is 9.84. The van der Waals surface area contributed by atoms with E-state index in [9.17, 15) is 0 Å². The van der Waals surface area contributed by atoms with Crippen LogP contribution in [0.5, 0.6) is 0 Å². The predicted molar refractivity (Wildman–Crippen MR) is 87.2 cm³/mol. The second-order valence-electron chi connectivity index (χ2n) is 5.32. The van der Waals surface area contributed by atoms with Gasteiger partial charge in [0.1, 0.15) is 0 Å². The number of hydrogen-bond acceptors (Lipinski definition) is 2. The maximum atomic E-state index is 5.38. The summed E-state index contributed by atoms with van der Waals surface area (Å²) < 4.78 is 6.64. The molecule has 1 saturated heterocycles. The summed E-state index contributed by atoms with van der Waals surface area (Å²) in [6, 6.07) is 13.0. The van der Waals surface area contributed by atoms with E-state index in [0.717, 1.165) is 32.7 Å². The molecular weight excluding hydrogens is 314 g/mol. The van der Waals surface area contributed by atoms with E-state index in [1.165, 1.54) is 33.8 Å². The Labute approximate surface area is 128 Å². The molecule has 2 aromatic carbocycles. The number of halogens is 1. The first kappa shape index (κ1) is 14.1. The van der Waals surface area contributed by atoms with Gasteiger partial charge < -0.3 is 4.74 Å². The fraction of sp³-hybridized carbons (Fsp3) is 0.412. The number of rotatable bonds is 4. The van der Waals surface area contributed by atoms with Gasteiger partial charge >= 0.3 is 0 Å². The van der Waals surface area contributed by atoms with E-state index in [2.05, 4.69) is 57.2 Å². The summed E-state index contributed by atoms with van der Waals surface area (Å²) in [6.07, 6.45) is 2.33. The molecular formula is C17H20BrNO. The van der Waals surface area contributed by atoms with Crippen molar-refractivity contribution in [3.8, 4) is 0 Å². The molecule has 1 aliphatic rings. The number of hydrogen-bond donors (Lipinski definition) is 0. The molecule has 0 radical (unpaired) electrons. The van der Waals surface area contributed by atoms with Gasteiger partial charge in [-0.15, -0.1) is 0 Å². The molecule has 2 nitrogen and oxygen atoms in total. The molecule has 0 atom stereocenters. The van der Waals surface area contributed by atoms with E-state index >= 15 is 0 Å². The van der Waals surface area contributed by atoms with Crippen molar-refractivity contribution in [3.05, 3.63) is 46.4 Å². The fourth-order valence-electron chi connectivity index (χ4n) is 2.79. The van der Waals surface area contributed by atoms with Crippen molar-refractivity contribution >= 4 is 26.7 Å². The average Bonchev–Trinajstić information content (AvgIpc) is 2.51. The van der Waals surface area contributed by atoms with Crippen molar-refractivity contribution in [2.24, 2.45) is 0 Å². The molecule has 0 spiro atoms. The molecule has 1 aliphatic heterocycles. The van der Waals surface area contributed by atoms with Crippen LogP contribution in [0.15, 0.2) is 40.9 Å². The van der Waals surface area contributed by atoms with Crippen LogP contribution in [0.4, 0.5) is 0 Å². The van der Waals surface area contributed by atoms with Gasteiger partial charge in [-0.2, -0.15) is 0 Å². The van der Waals surface area contributed by atoms with E-state index in [0.29, 0.717) is 0 Å². The van der Waals surface area contributed by atoms with Crippen molar-refractivity contribution in [2.45, 2.75) is 12.8 Å². The lowest BCUT2D eigenvalue weighted by Crippen LogP contribution is -2.36. The molecule has 0 aliphatic carbocycles. The van der Waals surface area contributed by atoms with Gasteiger partial charge in [-0.25, -0.2) is 0 Å². The molecule has 0 aromatic heterocycles. The van der Waals surface area contributed by atoms with Crippen LogP contribution in [0.2, 0.25) is 0 Å². The Morgan fingerprint density at radius 2 is 1.85 bits per heavy atom. The topological polar surface area (TPSA) is 12.5 Å². The largest absolute Gasteiger partial charge is 0.379 e. The minimum absolute atomic E-state index is 0.889. The summed E-state index contributed by atoms with van der Waals surface area (Å²) in [5.41, 5.74) is 1.41. The molecule has 1 fully saturated rings. The molecule has 0 saturated carbocycles. The highest BCUT2D eigenvalue weighted by atomic mass is 79.9. The minimum Gasteiger partial charge on any atom is -0.379 e. The Morgan fingerprint density at radius 1 is 1.05 bits per heavy atom. The molecule has 20 heavy (non-hydrogen) atoms. The molecule has 3 heteroatoms. The second kappa shape index (κ2) is 6.70. The zero-order chi connectivity index (χ0) is 13.8. The molecule has 106 valence electrons. The molecule has 3 rings (SSSR count). The van der Waals surface area contributed by atoms with Crippen LogP contribution < -0.4 is 0 Å². The van der Waals surface area contributed by atoms with E-state index in [4.69, 9.17) is 4.74 Å². The van der Waals surface area contributed by atoms with Crippen molar-refractivity contribution in [1.29, 1.82) is 0 Å². The van der Waals surface area contributed by atoms with Crippen LogP contribution in [0.1, 0.15) is 12.0 Å². The number of nitrogens with zero attached hydrogens (tertiary/aromatic N) is 1. The lowest BCUT2D eigenvalue weighted by Gasteiger charge is -2.26. The van der Waals surface area contributed by atoms with Crippen LogP contribution >= 0.6 is 15.9 Å². The number of aryl methyl sites for hydroxylation is 1. The molecule has 0 bridgehead atoms. The SMILES string of the molecule is Brc1c(CCCN2CCOCC2)ccc2ccccc12. The monoisotopic (exact) mass is 333 g/mol. The summed E-state index contributed by atoms with van der Waals surface area (Å²) in [5, 5.41) is 2.62. The third kappa shape index (κ3) is 3.22. The van der Waals surface area contributed by atoms with E-state index < -0.39 is 0 Å². The second-order valence-corrected chi connectivity index (χ2v) is 6.11. The van der Waals surface area contributed by atoms with Crippen LogP contribution in [0.3, 0.4) is 0 Å². The molecule has 2 aromatic rings. The van der Waals surface area contributed by atoms with Crippen LogP contribution in [-0.2, 0) is 11.2 Å². The number of ether oxygens (including phenoxy) is 1. The number of benzene rings is 2. The van der Waals surface area contributed by atoms with E-state index in [1.807, 2.05) is 0 Å². The van der Waals surface area contributed by atoms with Gasteiger partial charge in [0.25, 0.3) is 0 Å². The summed E-state index contributed by atoms with van der Waals surface area (Å²) in [7, 11) is 0. The maximum Gasteiger partial charge on any atom is 0.0594 e. The van der Waals surface area contributed by atoms with Crippen LogP contribution in [0, 0.1) is 0 Å². The standard InChI is InChI=1S/C17H20BrNO/c18-17-15(5-3-9-19-10-12-20-13-11-19)8-7-14-4-1-2-6-16(14)17/h1-2,4,6-8H,3,5,9-13H2. The van der Waals surface area contributed by atoms with Crippen LogP contribution in [-0.4, -0.2) is 37.7 Å². The molecule has 0 N–H and O–H groups in total. The third-order valence-corrected chi connectivity index (χ3v) is 4.90. The Balaban J connectivity index is 1.63. The summed E-state index contributed by atoms with van der Waals surface area (Å²) in [6.45, 7) is 5.11. The average molecular weight is 334 g/mol. The highest BCUT2D eigenvalue weighted by Gasteiger charge is 2.10. The normalized spacial score (nSPS) is 16.6. The zero-order valence-corrected chi connectivity index (χ0v) is 13.2. The molecule has 1 heterocycles. The van der Waals surface area contributed by atoms with Gasteiger partial charge in [0.05, 0.1) is 13.2 Å². The Hall–Kier alpha value is -0.900. The fourth-order valence-corrected chi connectivity index (χ4v) is 3.48. The predicted octanol–water partition coefficient (Wildman–Crippen LogP) is 3.87. The maximum absolute atomic E-state index is 5.38. The Bertz CT molecular complexity index is 578. The Kier molecular flexibility index (Phi) is 4.71. The summed E-state index contributed by atoms with van der Waals surface area (Å²) in [5.74, 6) is 0. The van der Waals surface area contributed by atoms with Crippen molar-refractivity contribution in [2.75, 3.05) is 32.8 Å². The first-order valence-electron chi connectivity index (χ1n) is 7.31. The van der Waals surface area contributed by atoms with Crippen molar-refractivity contribution < 1.29 is 4.74 Å². The van der Waals surface area contributed by atoms with Gasteiger partial charge in [-0.05, 0) is 51.7 Å². The van der Waals surface area contributed by atoms with E-state index in [-0.39, 0.29) is 0 Å². The third-order valence-electron chi connectivity index (χ3n) is 3.97. The highest BCUT2D eigenvalue weighted by Crippen LogP contribution is 2.28. The summed E-state index contributed by atoms with van der Waals surface area (Å²) in [4.78, 5) is 2.50. The van der Waals surface area contributed by atoms with Gasteiger partial charge in [0, 0.05) is 17.6 Å². The minimum atomic E-state index is 0.889. The van der Waals surface area contributed by atoms with Crippen molar-refractivity contribution in [3.63, 3.8) is 0 Å². The first-order valence-corrected chi connectivity index (χ1v) is 8.10. The van der Waals surface area contributed by atoms with Crippen LogP contribution in [0.25, 0.3) is 10.8 Å². The van der Waals surface area contributed by atoms with Gasteiger partial charge in [0.15, 0.2) is 0 Å². The Morgan fingerprint density at radius 3 is 2.70 bits per heavy atom.